The maximum atomic E-state index is 13.8. The summed E-state index contributed by atoms with van der Waals surface area (Å²) in [6.45, 7) is 0. The molecule has 28 heavy (non-hydrogen) atoms. The van der Waals surface area contributed by atoms with E-state index in [1.54, 1.807) is 0 Å². The van der Waals surface area contributed by atoms with E-state index in [4.69, 9.17) is 27.9 Å². The van der Waals surface area contributed by atoms with E-state index in [9.17, 15) is 22.4 Å². The van der Waals surface area contributed by atoms with Crippen molar-refractivity contribution in [1.29, 1.82) is 0 Å². The number of para-hydroxylation sites is 2. The Hall–Kier alpha value is -2.52. The lowest BCUT2D eigenvalue weighted by Crippen LogP contribution is -2.32. The van der Waals surface area contributed by atoms with Gasteiger partial charge in [-0.05, 0) is 24.3 Å². The number of halogens is 6. The first kappa shape index (κ1) is 21.8. The number of nitrogens with zero attached hydrogens (tertiary/aromatic N) is 1. The fraction of sp³-hybridized carbons (Fsp3) is 0.176. The topological polar surface area (TPSA) is 59.9 Å². The van der Waals surface area contributed by atoms with Crippen LogP contribution in [0.4, 0.5) is 28.0 Å². The number of alkyl halides is 4. The molecule has 0 heterocycles. The van der Waals surface area contributed by atoms with Gasteiger partial charge in [-0.25, -0.2) is 13.6 Å². The minimum absolute atomic E-state index is 0.214. The quantitative estimate of drug-likeness (QED) is 0.295. The van der Waals surface area contributed by atoms with E-state index in [1.807, 2.05) is 0 Å². The van der Waals surface area contributed by atoms with Gasteiger partial charge in [0.1, 0.15) is 22.9 Å². The highest BCUT2D eigenvalue weighted by Crippen LogP contribution is 2.34. The van der Waals surface area contributed by atoms with Crippen molar-refractivity contribution in [3.05, 3.63) is 59.7 Å². The Morgan fingerprint density at radius 2 is 1.71 bits per heavy atom. The molecule has 150 valence electrons. The van der Waals surface area contributed by atoms with Crippen LogP contribution in [0.2, 0.25) is 0 Å². The minimum Gasteiger partial charge on any atom is -0.480 e. The van der Waals surface area contributed by atoms with Gasteiger partial charge in [0.15, 0.2) is 0 Å². The highest BCUT2D eigenvalue weighted by molar-refractivity contribution is 6.44. The lowest BCUT2D eigenvalue weighted by molar-refractivity contribution is -0.163. The number of benzene rings is 2. The van der Waals surface area contributed by atoms with Crippen molar-refractivity contribution in [2.75, 3.05) is 12.4 Å². The third-order valence-corrected chi connectivity index (χ3v) is 3.71. The Kier molecular flexibility index (Phi) is 7.09. The minimum atomic E-state index is -3.94. The molecule has 2 aromatic rings. The molecule has 0 radical (unpaired) electrons. The Balaban J connectivity index is 2.29. The molecule has 2 aromatic carbocycles. The Morgan fingerprint density at radius 1 is 1.11 bits per heavy atom. The molecule has 0 fully saturated rings. The van der Waals surface area contributed by atoms with Gasteiger partial charge in [0.25, 0.3) is 0 Å². The highest BCUT2D eigenvalue weighted by Gasteiger charge is 2.40. The third-order valence-electron chi connectivity index (χ3n) is 3.20. The van der Waals surface area contributed by atoms with Crippen LogP contribution in [0.3, 0.4) is 0 Å². The summed E-state index contributed by atoms with van der Waals surface area (Å²) in [4.78, 5) is 13.4. The normalized spacial score (nSPS) is 12.1. The largest absolute Gasteiger partial charge is 0.480 e. The second-order valence-corrected chi connectivity index (χ2v) is 6.20. The van der Waals surface area contributed by atoms with Crippen molar-refractivity contribution in [1.82, 2.24) is 0 Å². The van der Waals surface area contributed by atoms with Crippen LogP contribution < -0.4 is 10.1 Å². The fourth-order valence-corrected chi connectivity index (χ4v) is 2.08. The van der Waals surface area contributed by atoms with Crippen LogP contribution in [0.1, 0.15) is 5.56 Å². The number of ether oxygens (including phenoxy) is 2. The second kappa shape index (κ2) is 9.11. The Labute approximate surface area is 166 Å². The molecular weight excluding hydrogens is 427 g/mol. The van der Waals surface area contributed by atoms with E-state index in [2.05, 4.69) is 15.0 Å². The van der Waals surface area contributed by atoms with Gasteiger partial charge in [0.05, 0.1) is 12.8 Å². The molecule has 11 heteroatoms. The maximum Gasteiger partial charge on any atom is 0.428 e. The van der Waals surface area contributed by atoms with Gasteiger partial charge in [-0.3, -0.25) is 0 Å². The molecule has 0 atom stereocenters. The number of anilines is 1. The first-order valence-corrected chi connectivity index (χ1v) is 8.35. The molecule has 0 saturated heterocycles. The number of amides is 2. The van der Waals surface area contributed by atoms with Gasteiger partial charge in [0, 0.05) is 0 Å². The summed E-state index contributed by atoms with van der Waals surface area (Å²) in [5.41, 5.74) is -0.877. The number of hydrogen-bond acceptors (Lipinski definition) is 3. The number of aliphatic imine (C=N–C) groups is 1. The smallest absolute Gasteiger partial charge is 0.428 e. The zero-order valence-corrected chi connectivity index (χ0v) is 15.6. The maximum absolute atomic E-state index is 13.8. The molecule has 0 saturated carbocycles. The van der Waals surface area contributed by atoms with Gasteiger partial charge in [-0.15, -0.1) is 0 Å². The number of carbonyl (C=O) groups is 1. The summed E-state index contributed by atoms with van der Waals surface area (Å²) < 4.78 is 64.1. The van der Waals surface area contributed by atoms with E-state index in [0.29, 0.717) is 0 Å². The van der Waals surface area contributed by atoms with Gasteiger partial charge in [0.2, 0.25) is 10.7 Å². The standard InChI is InChI=1S/C17H12Cl2F4N2O3/c1-27-14(13-9(20)5-4-6-10(13)21)25-16(26)24-11-7-2-3-8-12(11)28-17(22,23)15(18)19/h2-8,15H,1H3,(H,24,26). The fourth-order valence-electron chi connectivity index (χ4n) is 1.99. The number of nitrogens with one attached hydrogen (secondary N) is 1. The van der Waals surface area contributed by atoms with Crippen molar-refractivity contribution in [3.8, 4) is 5.75 Å². The molecule has 0 aliphatic rings. The van der Waals surface area contributed by atoms with E-state index in [-0.39, 0.29) is 5.69 Å². The molecule has 0 aliphatic carbocycles. The number of urea groups is 1. The summed E-state index contributed by atoms with van der Waals surface area (Å²) in [6.07, 6.45) is -3.94. The predicted octanol–water partition coefficient (Wildman–Crippen LogP) is 5.37. The number of rotatable bonds is 5. The van der Waals surface area contributed by atoms with E-state index >= 15 is 0 Å². The molecule has 0 aliphatic heterocycles. The van der Waals surface area contributed by atoms with Gasteiger partial charge >= 0.3 is 12.1 Å². The summed E-state index contributed by atoms with van der Waals surface area (Å²) in [7, 11) is 1.05. The molecule has 0 bridgehead atoms. The summed E-state index contributed by atoms with van der Waals surface area (Å²) in [5, 5.41) is 2.15. The van der Waals surface area contributed by atoms with Crippen LogP contribution in [-0.2, 0) is 4.74 Å². The monoisotopic (exact) mass is 438 g/mol. The van der Waals surface area contributed by atoms with Gasteiger partial charge in [-0.2, -0.15) is 13.8 Å². The Morgan fingerprint density at radius 3 is 2.29 bits per heavy atom. The number of hydrogen-bond donors (Lipinski definition) is 1. The van der Waals surface area contributed by atoms with E-state index < -0.39 is 45.8 Å². The van der Waals surface area contributed by atoms with E-state index in [0.717, 1.165) is 31.4 Å². The lowest BCUT2D eigenvalue weighted by Gasteiger charge is -2.20. The molecule has 2 amide bonds. The van der Waals surface area contributed by atoms with Crippen LogP contribution in [0, 0.1) is 11.6 Å². The molecule has 1 N–H and O–H groups in total. The average Bonchev–Trinajstić information content (AvgIpc) is 2.62. The molecule has 0 unspecified atom stereocenters. The zero-order valence-electron chi connectivity index (χ0n) is 14.1. The van der Waals surface area contributed by atoms with Crippen LogP contribution >= 0.6 is 23.2 Å². The highest BCUT2D eigenvalue weighted by atomic mass is 35.5. The first-order chi connectivity index (χ1) is 13.2. The second-order valence-electron chi connectivity index (χ2n) is 5.11. The summed E-state index contributed by atoms with van der Waals surface area (Å²) in [5.74, 6) is -3.13. The van der Waals surface area contributed by atoms with Crippen LogP contribution in [0.5, 0.6) is 5.75 Å². The van der Waals surface area contributed by atoms with Crippen molar-refractivity contribution < 1.29 is 31.8 Å². The summed E-state index contributed by atoms with van der Waals surface area (Å²) in [6, 6.07) is 6.98. The molecular formula is C17H12Cl2F4N2O3. The van der Waals surface area contributed by atoms with Crippen molar-refractivity contribution in [2.24, 2.45) is 4.99 Å². The SMILES string of the molecule is COC(=NC(=O)Nc1ccccc1OC(F)(F)C(Cl)Cl)c1c(F)cccc1F. The van der Waals surface area contributed by atoms with Gasteiger partial charge in [-0.1, -0.05) is 41.4 Å². The number of methoxy groups -OCH3 is 1. The molecule has 0 spiro atoms. The lowest BCUT2D eigenvalue weighted by atomic mass is 10.2. The van der Waals surface area contributed by atoms with Crippen molar-refractivity contribution >= 4 is 40.8 Å². The molecule has 5 nitrogen and oxygen atoms in total. The number of carbonyl (C=O) groups excluding carboxylic acids is 1. The predicted molar refractivity (Wildman–Crippen MR) is 96.4 cm³/mol. The zero-order chi connectivity index (χ0) is 20.9. The Bertz CT molecular complexity index is 874. The van der Waals surface area contributed by atoms with Gasteiger partial charge < -0.3 is 14.8 Å². The van der Waals surface area contributed by atoms with Crippen LogP contribution in [-0.4, -0.2) is 30.0 Å². The van der Waals surface area contributed by atoms with Crippen LogP contribution in [0.25, 0.3) is 0 Å². The average molecular weight is 439 g/mol. The molecule has 0 aromatic heterocycles. The van der Waals surface area contributed by atoms with Crippen molar-refractivity contribution in [3.63, 3.8) is 0 Å². The van der Waals surface area contributed by atoms with E-state index in [1.165, 1.54) is 18.2 Å². The molecule has 2 rings (SSSR count). The first-order valence-electron chi connectivity index (χ1n) is 7.47. The summed E-state index contributed by atoms with van der Waals surface area (Å²) >= 11 is 10.3. The third kappa shape index (κ3) is 5.26. The van der Waals surface area contributed by atoms with Crippen molar-refractivity contribution in [2.45, 2.75) is 10.9 Å². The van der Waals surface area contributed by atoms with Crippen LogP contribution in [0.15, 0.2) is 47.5 Å².